The zero-order valence-electron chi connectivity index (χ0n) is 39.9. The molecule has 3 heterocycles. The van der Waals surface area contributed by atoms with Gasteiger partial charge in [0.25, 0.3) is 0 Å². The summed E-state index contributed by atoms with van der Waals surface area (Å²) in [5.74, 6) is -4.58. The first kappa shape index (κ1) is 52.4. The summed E-state index contributed by atoms with van der Waals surface area (Å²) in [6, 6.07) is 0. The second-order valence-corrected chi connectivity index (χ2v) is 22.8. The van der Waals surface area contributed by atoms with Crippen molar-refractivity contribution >= 4 is 11.9 Å². The van der Waals surface area contributed by atoms with Crippen molar-refractivity contribution < 1.29 is 99.3 Å². The summed E-state index contributed by atoms with van der Waals surface area (Å²) in [6.45, 7) is 9.78. The van der Waals surface area contributed by atoms with E-state index >= 15 is 0 Å². The fourth-order valence-electron chi connectivity index (χ4n) is 15.4. The molecule has 3 saturated heterocycles. The number of hydrogen-bond donors (Lipinski definition) is 12. The Bertz CT molecular complexity index is 1900. The first-order valence-electron chi connectivity index (χ1n) is 24.6. The largest absolute Gasteiger partial charge is 0.481 e. The molecule has 12 N–H and O–H groups in total. The van der Waals surface area contributed by atoms with E-state index in [2.05, 4.69) is 26.8 Å². The smallest absolute Gasteiger partial charge is 0.315 e. The van der Waals surface area contributed by atoms with Gasteiger partial charge in [-0.15, -0.1) is 0 Å². The number of aliphatic hydroxyl groups excluding tert-OH is 11. The number of rotatable bonds is 10. The van der Waals surface area contributed by atoms with Crippen LogP contribution in [0.1, 0.15) is 99.3 Å². The van der Waals surface area contributed by atoms with Crippen LogP contribution in [-0.4, -0.2) is 191 Å². The van der Waals surface area contributed by atoms with Crippen molar-refractivity contribution in [3.05, 3.63) is 11.6 Å². The van der Waals surface area contributed by atoms with Gasteiger partial charge in [0, 0.05) is 0 Å². The lowest BCUT2D eigenvalue weighted by atomic mass is 9.33. The zero-order chi connectivity index (χ0) is 49.8. The van der Waals surface area contributed by atoms with Gasteiger partial charge in [0.1, 0.15) is 73.8 Å². The number of allylic oxidation sites excluding steroid dienone is 1. The van der Waals surface area contributed by atoms with Gasteiger partial charge in [-0.3, -0.25) is 9.59 Å². The van der Waals surface area contributed by atoms with Gasteiger partial charge in [-0.05, 0) is 104 Å². The number of carbonyl (C=O) groups excluding carboxylic acids is 1. The Hall–Kier alpha value is -1.96. The van der Waals surface area contributed by atoms with E-state index in [1.807, 2.05) is 20.8 Å². The number of esters is 1. The molecule has 20 nitrogen and oxygen atoms in total. The van der Waals surface area contributed by atoms with Gasteiger partial charge in [-0.2, -0.15) is 0 Å². The minimum Gasteiger partial charge on any atom is -0.481 e. The van der Waals surface area contributed by atoms with Crippen molar-refractivity contribution in [2.24, 2.45) is 56.7 Å². The molecule has 20 heteroatoms. The number of fused-ring (bicyclic) bond motifs is 7. The number of hydrogen-bond acceptors (Lipinski definition) is 19. The van der Waals surface area contributed by atoms with Crippen LogP contribution in [0.4, 0.5) is 0 Å². The Morgan fingerprint density at radius 1 is 0.721 bits per heavy atom. The van der Waals surface area contributed by atoms with E-state index in [1.54, 1.807) is 0 Å². The van der Waals surface area contributed by atoms with Crippen molar-refractivity contribution in [1.82, 2.24) is 0 Å². The SMILES string of the molecule is C[C@H]1[C@H](C)CC[C@]2(C(=O)O[C@@H]3O[C@H](CO)[C@@H](O)[C@H](O)[C@H]3O)CC[C@]3(C(=O)O)C(=CC[C@@H]4[C@@]5(C)CC[C@H](O[C@]6(CO)OC[C@@H](O)[C@@H](O)[C@@H]6O[C@@H]6O[C@H](CO)[C@@H](O)[C@H](O)[C@H]6O)C(C)(C)[C@@H]5CC[C@]43C)[C@H]12. The van der Waals surface area contributed by atoms with Crippen LogP contribution in [-0.2, 0) is 38.0 Å². The highest BCUT2D eigenvalue weighted by Crippen LogP contribution is 2.76. The molecule has 0 bridgehead atoms. The van der Waals surface area contributed by atoms with Crippen LogP contribution in [0.3, 0.4) is 0 Å². The Morgan fingerprint density at radius 2 is 1.34 bits per heavy atom. The minimum atomic E-state index is -2.13. The topological polar surface area (TPSA) is 332 Å². The number of aliphatic carboxylic acids is 1. The van der Waals surface area contributed by atoms with Gasteiger partial charge < -0.3 is 89.7 Å². The lowest BCUT2D eigenvalue weighted by Crippen LogP contribution is -2.70. The molecule has 388 valence electrons. The Balaban J connectivity index is 1.09. The Morgan fingerprint density at radius 3 is 1.94 bits per heavy atom. The second-order valence-electron chi connectivity index (χ2n) is 22.8. The Labute approximate surface area is 396 Å². The summed E-state index contributed by atoms with van der Waals surface area (Å²) >= 11 is 0. The van der Waals surface area contributed by atoms with Gasteiger partial charge in [-0.25, -0.2) is 0 Å². The lowest BCUT2D eigenvalue weighted by Gasteiger charge is -2.71. The number of carboxylic acid groups (broad SMARTS) is 1. The fourth-order valence-corrected chi connectivity index (χ4v) is 15.4. The highest BCUT2D eigenvalue weighted by molar-refractivity contribution is 5.85. The summed E-state index contributed by atoms with van der Waals surface area (Å²) in [5, 5.41) is 128. The van der Waals surface area contributed by atoms with Crippen LogP contribution in [0.2, 0.25) is 0 Å². The molecule has 0 aromatic carbocycles. The molecular formula is C48H76O20. The molecule has 4 saturated carbocycles. The maximum atomic E-state index is 14.8. The number of carbonyl (C=O) groups is 2. The number of ether oxygens (including phenoxy) is 6. The predicted octanol–water partition coefficient (Wildman–Crippen LogP) is -0.937. The number of carboxylic acids is 1. The van der Waals surface area contributed by atoms with E-state index in [0.717, 1.165) is 0 Å². The maximum absolute atomic E-state index is 14.8. The zero-order valence-corrected chi connectivity index (χ0v) is 39.9. The van der Waals surface area contributed by atoms with Gasteiger partial charge in [-0.1, -0.05) is 53.2 Å². The molecule has 0 aromatic heterocycles. The first-order chi connectivity index (χ1) is 31.9. The predicted molar refractivity (Wildman–Crippen MR) is 232 cm³/mol. The molecule has 0 radical (unpaired) electrons. The van der Waals surface area contributed by atoms with Crippen molar-refractivity contribution in [3.8, 4) is 0 Å². The van der Waals surface area contributed by atoms with Crippen LogP contribution >= 0.6 is 0 Å². The molecule has 24 atom stereocenters. The summed E-state index contributed by atoms with van der Waals surface area (Å²) in [7, 11) is 0. The first-order valence-corrected chi connectivity index (χ1v) is 24.6. The summed E-state index contributed by atoms with van der Waals surface area (Å²) in [6.07, 6.45) is -16.3. The minimum absolute atomic E-state index is 0.0860. The monoisotopic (exact) mass is 972 g/mol. The molecule has 8 aliphatic rings. The molecule has 7 fully saturated rings. The molecule has 68 heavy (non-hydrogen) atoms. The molecule has 0 aromatic rings. The van der Waals surface area contributed by atoms with E-state index < -0.39 is 163 Å². The van der Waals surface area contributed by atoms with Gasteiger partial charge >= 0.3 is 11.9 Å². The third-order valence-corrected chi connectivity index (χ3v) is 19.5. The average Bonchev–Trinajstić information content (AvgIpc) is 3.30. The quantitative estimate of drug-likeness (QED) is 0.0714. The van der Waals surface area contributed by atoms with Crippen molar-refractivity contribution in [2.45, 2.75) is 191 Å². The van der Waals surface area contributed by atoms with Crippen LogP contribution in [0.5, 0.6) is 0 Å². The highest BCUT2D eigenvalue weighted by Gasteiger charge is 2.74. The van der Waals surface area contributed by atoms with Crippen LogP contribution in [0.15, 0.2) is 11.6 Å². The van der Waals surface area contributed by atoms with Crippen LogP contribution < -0.4 is 0 Å². The van der Waals surface area contributed by atoms with E-state index in [4.69, 9.17) is 28.4 Å². The standard InChI is InChI=1S/C48H76O20/c1-21-9-14-46(42(62)67-40-37(59)35(57)33(55)26(18-50)65-40)15-16-47(41(60)61)23(30(46)22(21)2)7-8-28-44(5)12-11-29(43(3,4)27(44)10-13-45(28,47)6)68-48(20-51)38(31(53)24(52)19-63-48)66-39-36(58)34(56)32(54)25(17-49)64-39/h7,21-22,24-40,49-59H,8-20H2,1-6H3,(H,60,61)/t21-,22+,24-,25-,26-,27+,28-,29+,30+,31-,32-,33-,34+,35+,36-,37-,38+,39+,40+,44+,45-,46+,47-,48+/m1/s1. The van der Waals surface area contributed by atoms with E-state index in [9.17, 15) is 70.9 Å². The third kappa shape index (κ3) is 7.60. The van der Waals surface area contributed by atoms with E-state index in [1.165, 1.54) is 0 Å². The third-order valence-electron chi connectivity index (χ3n) is 19.5. The highest BCUT2D eigenvalue weighted by atomic mass is 16.8. The second kappa shape index (κ2) is 18.5. The molecular weight excluding hydrogens is 897 g/mol. The van der Waals surface area contributed by atoms with E-state index in [-0.39, 0.29) is 36.5 Å². The van der Waals surface area contributed by atoms with Crippen molar-refractivity contribution in [1.29, 1.82) is 0 Å². The molecule has 3 aliphatic heterocycles. The van der Waals surface area contributed by atoms with Gasteiger partial charge in [0.05, 0.1) is 36.8 Å². The van der Waals surface area contributed by atoms with E-state index in [0.29, 0.717) is 50.5 Å². The molecule has 8 rings (SSSR count). The van der Waals surface area contributed by atoms with Crippen LogP contribution in [0.25, 0.3) is 0 Å². The lowest BCUT2D eigenvalue weighted by molar-refractivity contribution is -0.411. The molecule has 0 unspecified atom stereocenters. The normalized spacial score (nSPS) is 53.4. The van der Waals surface area contributed by atoms with Crippen molar-refractivity contribution in [3.63, 3.8) is 0 Å². The maximum Gasteiger partial charge on any atom is 0.315 e. The van der Waals surface area contributed by atoms with Crippen LogP contribution in [0, 0.1) is 56.7 Å². The fraction of sp³-hybridized carbons (Fsp3) is 0.917. The summed E-state index contributed by atoms with van der Waals surface area (Å²) < 4.78 is 36.0. The number of aliphatic hydroxyl groups is 11. The van der Waals surface area contributed by atoms with Crippen molar-refractivity contribution in [2.75, 3.05) is 26.4 Å². The Kier molecular flexibility index (Phi) is 14.3. The van der Waals surface area contributed by atoms with Gasteiger partial charge in [0.2, 0.25) is 12.1 Å². The molecule has 0 amide bonds. The van der Waals surface area contributed by atoms with Gasteiger partial charge in [0.15, 0.2) is 6.29 Å². The molecule has 0 spiro atoms. The molecule has 5 aliphatic carbocycles. The summed E-state index contributed by atoms with van der Waals surface area (Å²) in [4.78, 5) is 29.1. The average molecular weight is 973 g/mol. The summed E-state index contributed by atoms with van der Waals surface area (Å²) in [5.41, 5.74) is -3.80.